The van der Waals surface area contributed by atoms with E-state index >= 15 is 0 Å². The van der Waals surface area contributed by atoms with Gasteiger partial charge in [-0.05, 0) is 44.0 Å². The first-order chi connectivity index (χ1) is 11.4. The zero-order valence-corrected chi connectivity index (χ0v) is 14.2. The average Bonchev–Trinajstić information content (AvgIpc) is 2.89. The molecule has 1 aromatic heterocycles. The van der Waals surface area contributed by atoms with E-state index in [1.54, 1.807) is 11.9 Å². The highest BCUT2D eigenvalue weighted by Gasteiger charge is 2.18. The lowest BCUT2D eigenvalue weighted by atomic mass is 10.1. The number of hydrogen-bond donors (Lipinski definition) is 2. The van der Waals surface area contributed by atoms with Crippen LogP contribution in [0, 0.1) is 19.7 Å². The molecule has 0 aliphatic rings. The van der Waals surface area contributed by atoms with Crippen molar-refractivity contribution in [2.75, 3.05) is 26.7 Å². The number of likely N-dealkylation sites (N-methyl/N-ethyl adjacent to an activating group) is 1. The van der Waals surface area contributed by atoms with Crippen molar-refractivity contribution in [1.29, 1.82) is 0 Å². The fraction of sp³-hybridized carbons (Fsp3) is 0.412. The standard InChI is InChI=1S/C17H23FN4O2/c1-11-14(12(2)21-20-11)6-8-22(3)17(23)15-10-13(18)4-5-16(15)24-9-7-19/h4-5,10H,6-9,19H2,1-3H3,(H,20,21). The molecule has 1 aromatic carbocycles. The Hall–Kier alpha value is -2.41. The molecule has 7 heteroatoms. The van der Waals surface area contributed by atoms with E-state index in [1.807, 2.05) is 13.8 Å². The van der Waals surface area contributed by atoms with Gasteiger partial charge >= 0.3 is 0 Å². The number of nitrogens with two attached hydrogens (primary N) is 1. The number of amides is 1. The number of aromatic nitrogens is 2. The molecule has 0 saturated heterocycles. The summed E-state index contributed by atoms with van der Waals surface area (Å²) < 4.78 is 19.0. The molecule has 6 nitrogen and oxygen atoms in total. The van der Waals surface area contributed by atoms with Gasteiger partial charge < -0.3 is 15.4 Å². The summed E-state index contributed by atoms with van der Waals surface area (Å²) in [6, 6.07) is 3.91. The van der Waals surface area contributed by atoms with Gasteiger partial charge in [0.15, 0.2) is 0 Å². The molecule has 0 aliphatic carbocycles. The van der Waals surface area contributed by atoms with Crippen molar-refractivity contribution in [3.05, 3.63) is 46.5 Å². The van der Waals surface area contributed by atoms with Crippen molar-refractivity contribution in [2.24, 2.45) is 5.73 Å². The fourth-order valence-corrected chi connectivity index (χ4v) is 2.49. The van der Waals surface area contributed by atoms with Crippen molar-refractivity contribution in [2.45, 2.75) is 20.3 Å². The molecule has 0 bridgehead atoms. The number of carbonyl (C=O) groups excluding carboxylic acids is 1. The third kappa shape index (κ3) is 4.11. The van der Waals surface area contributed by atoms with Crippen LogP contribution in [0.2, 0.25) is 0 Å². The van der Waals surface area contributed by atoms with Crippen LogP contribution in [0.1, 0.15) is 27.3 Å². The third-order valence-corrected chi connectivity index (χ3v) is 3.87. The first kappa shape index (κ1) is 17.9. The van der Waals surface area contributed by atoms with Gasteiger partial charge in [-0.2, -0.15) is 5.10 Å². The average molecular weight is 334 g/mol. The van der Waals surface area contributed by atoms with Crippen LogP contribution >= 0.6 is 0 Å². The Balaban J connectivity index is 2.11. The van der Waals surface area contributed by atoms with Crippen molar-refractivity contribution < 1.29 is 13.9 Å². The highest BCUT2D eigenvalue weighted by molar-refractivity contribution is 5.96. The lowest BCUT2D eigenvalue weighted by molar-refractivity contribution is 0.0791. The highest BCUT2D eigenvalue weighted by Crippen LogP contribution is 2.21. The van der Waals surface area contributed by atoms with Gasteiger partial charge in [-0.15, -0.1) is 0 Å². The van der Waals surface area contributed by atoms with Crippen LogP contribution in [-0.4, -0.2) is 47.7 Å². The van der Waals surface area contributed by atoms with Crippen LogP contribution in [0.4, 0.5) is 4.39 Å². The van der Waals surface area contributed by atoms with E-state index in [1.165, 1.54) is 18.2 Å². The predicted molar refractivity (Wildman–Crippen MR) is 89.7 cm³/mol. The van der Waals surface area contributed by atoms with Gasteiger partial charge in [0.05, 0.1) is 11.3 Å². The van der Waals surface area contributed by atoms with E-state index in [2.05, 4.69) is 10.2 Å². The molecule has 0 saturated carbocycles. The highest BCUT2D eigenvalue weighted by atomic mass is 19.1. The van der Waals surface area contributed by atoms with Crippen molar-refractivity contribution in [3.63, 3.8) is 0 Å². The number of halogens is 1. The Morgan fingerprint density at radius 1 is 1.42 bits per heavy atom. The number of carbonyl (C=O) groups is 1. The van der Waals surface area contributed by atoms with E-state index in [4.69, 9.17) is 10.5 Å². The van der Waals surface area contributed by atoms with Gasteiger partial charge in [-0.1, -0.05) is 0 Å². The summed E-state index contributed by atoms with van der Waals surface area (Å²) in [6.45, 7) is 4.95. The maximum Gasteiger partial charge on any atom is 0.257 e. The normalized spacial score (nSPS) is 10.7. The predicted octanol–water partition coefficient (Wildman–Crippen LogP) is 1.82. The van der Waals surface area contributed by atoms with Crippen LogP contribution in [0.25, 0.3) is 0 Å². The Morgan fingerprint density at radius 3 is 2.79 bits per heavy atom. The molecule has 0 atom stereocenters. The third-order valence-electron chi connectivity index (χ3n) is 3.87. The van der Waals surface area contributed by atoms with Gasteiger partial charge in [0.25, 0.3) is 5.91 Å². The number of rotatable bonds is 7. The second-order valence-corrected chi connectivity index (χ2v) is 5.67. The van der Waals surface area contributed by atoms with Crippen molar-refractivity contribution >= 4 is 5.91 Å². The van der Waals surface area contributed by atoms with E-state index in [0.717, 1.165) is 17.0 Å². The molecular weight excluding hydrogens is 311 g/mol. The summed E-state index contributed by atoms with van der Waals surface area (Å²) in [6.07, 6.45) is 0.671. The van der Waals surface area contributed by atoms with Crippen LogP contribution in [0.3, 0.4) is 0 Å². The summed E-state index contributed by atoms with van der Waals surface area (Å²) in [4.78, 5) is 14.2. The number of hydrogen-bond acceptors (Lipinski definition) is 4. The van der Waals surface area contributed by atoms with Gasteiger partial charge in [-0.3, -0.25) is 9.89 Å². The molecule has 0 aliphatic heterocycles. The smallest absolute Gasteiger partial charge is 0.257 e. The Kier molecular flexibility index (Phi) is 5.92. The molecule has 2 rings (SSSR count). The summed E-state index contributed by atoms with van der Waals surface area (Å²) in [5.41, 5.74) is 8.62. The topological polar surface area (TPSA) is 84.2 Å². The van der Waals surface area contributed by atoms with Crippen molar-refractivity contribution in [3.8, 4) is 5.75 Å². The van der Waals surface area contributed by atoms with Crippen molar-refractivity contribution in [1.82, 2.24) is 15.1 Å². The van der Waals surface area contributed by atoms with E-state index in [-0.39, 0.29) is 18.1 Å². The molecule has 0 fully saturated rings. The Morgan fingerprint density at radius 2 is 2.17 bits per heavy atom. The number of ether oxygens (including phenoxy) is 1. The monoisotopic (exact) mass is 334 g/mol. The Bertz CT molecular complexity index is 695. The van der Waals surface area contributed by atoms with E-state index in [0.29, 0.717) is 25.3 Å². The van der Waals surface area contributed by atoms with Crippen LogP contribution in [-0.2, 0) is 6.42 Å². The van der Waals surface area contributed by atoms with E-state index < -0.39 is 5.82 Å². The lowest BCUT2D eigenvalue weighted by Crippen LogP contribution is -2.29. The first-order valence-electron chi connectivity index (χ1n) is 7.82. The fourth-order valence-electron chi connectivity index (χ4n) is 2.49. The first-order valence-corrected chi connectivity index (χ1v) is 7.82. The lowest BCUT2D eigenvalue weighted by Gasteiger charge is -2.19. The van der Waals surface area contributed by atoms with Crippen LogP contribution in [0.5, 0.6) is 5.75 Å². The van der Waals surface area contributed by atoms with Gasteiger partial charge in [0, 0.05) is 25.8 Å². The molecule has 0 spiro atoms. The molecule has 1 amide bonds. The molecule has 1 heterocycles. The quantitative estimate of drug-likeness (QED) is 0.809. The summed E-state index contributed by atoms with van der Waals surface area (Å²) in [5.74, 6) is -0.428. The second-order valence-electron chi connectivity index (χ2n) is 5.67. The number of H-pyrrole nitrogens is 1. The summed E-state index contributed by atoms with van der Waals surface area (Å²) in [7, 11) is 1.69. The maximum absolute atomic E-state index is 13.5. The zero-order valence-electron chi connectivity index (χ0n) is 14.2. The summed E-state index contributed by atoms with van der Waals surface area (Å²) >= 11 is 0. The van der Waals surface area contributed by atoms with Crippen LogP contribution in [0.15, 0.2) is 18.2 Å². The molecule has 2 aromatic rings. The van der Waals surface area contributed by atoms with Gasteiger partial charge in [-0.25, -0.2) is 4.39 Å². The molecule has 3 N–H and O–H groups in total. The minimum absolute atomic E-state index is 0.201. The molecule has 24 heavy (non-hydrogen) atoms. The Labute approximate surface area is 140 Å². The molecule has 0 unspecified atom stereocenters. The minimum atomic E-state index is -0.478. The second kappa shape index (κ2) is 7.92. The minimum Gasteiger partial charge on any atom is -0.491 e. The SMILES string of the molecule is Cc1n[nH]c(C)c1CCN(C)C(=O)c1cc(F)ccc1OCCN. The largest absolute Gasteiger partial charge is 0.491 e. The number of nitrogens with one attached hydrogen (secondary N) is 1. The van der Waals surface area contributed by atoms with Crippen LogP contribution < -0.4 is 10.5 Å². The number of nitrogens with zero attached hydrogens (tertiary/aromatic N) is 2. The number of aryl methyl sites for hydroxylation is 2. The molecule has 0 radical (unpaired) electrons. The number of benzene rings is 1. The van der Waals surface area contributed by atoms with E-state index in [9.17, 15) is 9.18 Å². The number of aromatic amines is 1. The zero-order chi connectivity index (χ0) is 17.7. The summed E-state index contributed by atoms with van der Waals surface area (Å²) in [5, 5.41) is 7.07. The van der Waals surface area contributed by atoms with Gasteiger partial charge in [0.1, 0.15) is 18.2 Å². The maximum atomic E-state index is 13.5. The molecule has 130 valence electrons. The molecular formula is C17H23FN4O2. The van der Waals surface area contributed by atoms with Gasteiger partial charge in [0.2, 0.25) is 0 Å².